The highest BCUT2D eigenvalue weighted by Gasteiger charge is 2.15. The van der Waals surface area contributed by atoms with Gasteiger partial charge in [-0.15, -0.1) is 0 Å². The normalized spacial score (nSPS) is 12.1. The van der Waals surface area contributed by atoms with Gasteiger partial charge in [-0.3, -0.25) is 19.1 Å². The number of halogens is 1. The molecule has 0 saturated carbocycles. The molecule has 0 aliphatic rings. The van der Waals surface area contributed by atoms with Gasteiger partial charge in [-0.25, -0.2) is 4.98 Å². The first-order valence-corrected chi connectivity index (χ1v) is 11.3. The second-order valence-electron chi connectivity index (χ2n) is 7.65. The second-order valence-corrected chi connectivity index (χ2v) is 7.65. The number of aromatic nitrogens is 3. The van der Waals surface area contributed by atoms with Crippen LogP contribution in [0.1, 0.15) is 37.2 Å². The highest BCUT2D eigenvalue weighted by atomic mass is 19.3. The summed E-state index contributed by atoms with van der Waals surface area (Å²) in [5.41, 5.74) is 2.86. The zero-order valence-corrected chi connectivity index (χ0v) is 20.4. The fourth-order valence-corrected chi connectivity index (χ4v) is 3.38. The average Bonchev–Trinajstić information content (AvgIpc) is 2.86. The minimum Gasteiger partial charge on any atom is -0.382 e. The number of pyridine rings is 1. The fourth-order valence-electron chi connectivity index (χ4n) is 3.38. The van der Waals surface area contributed by atoms with Crippen LogP contribution in [0.15, 0.2) is 65.9 Å². The van der Waals surface area contributed by atoms with Crippen molar-refractivity contribution in [3.8, 4) is 0 Å². The first-order chi connectivity index (χ1) is 17.0. The van der Waals surface area contributed by atoms with Crippen LogP contribution in [0, 0.1) is 0 Å². The molecular weight excluding hydrogens is 449 g/mol. The quantitative estimate of drug-likeness (QED) is 0.422. The first-order valence-electron chi connectivity index (χ1n) is 11.3. The van der Waals surface area contributed by atoms with Crippen LogP contribution in [-0.2, 0) is 22.7 Å². The highest BCUT2D eigenvalue weighted by molar-refractivity contribution is 5.78. The Kier molecular flexibility index (Phi) is 11.3. The van der Waals surface area contributed by atoms with E-state index in [0.29, 0.717) is 17.0 Å². The average molecular weight is 482 g/mol. The summed E-state index contributed by atoms with van der Waals surface area (Å²) in [6, 6.07) is 1.91. The molecule has 0 aliphatic heterocycles. The number of hydrogen-bond acceptors (Lipinski definition) is 6. The Balaban J connectivity index is 2.29. The van der Waals surface area contributed by atoms with Gasteiger partial charge in [0.25, 0.3) is 5.56 Å². The van der Waals surface area contributed by atoms with Gasteiger partial charge in [0, 0.05) is 31.6 Å². The van der Waals surface area contributed by atoms with Gasteiger partial charge in [0.05, 0.1) is 6.20 Å². The van der Waals surface area contributed by atoms with E-state index in [1.54, 1.807) is 43.7 Å². The predicted molar refractivity (Wildman–Crippen MR) is 137 cm³/mol. The number of carbonyl (C=O) groups excluding carboxylic acids is 1. The summed E-state index contributed by atoms with van der Waals surface area (Å²) < 4.78 is 14.0. The smallest absolute Gasteiger partial charge is 0.277 e. The summed E-state index contributed by atoms with van der Waals surface area (Å²) in [7, 11) is 1.60. The van der Waals surface area contributed by atoms with Gasteiger partial charge in [0.1, 0.15) is 24.7 Å². The molecule has 2 aromatic heterocycles. The topological polar surface area (TPSA) is 98.1 Å². The lowest BCUT2D eigenvalue weighted by Crippen LogP contribution is -2.36. The van der Waals surface area contributed by atoms with Crippen molar-refractivity contribution in [2.75, 3.05) is 25.5 Å². The number of nitrogens with zero attached hydrogens (tertiary/aromatic N) is 3. The lowest BCUT2D eigenvalue weighted by molar-refractivity contribution is -0.124. The van der Waals surface area contributed by atoms with Crippen LogP contribution in [0.4, 0.5) is 10.2 Å². The summed E-state index contributed by atoms with van der Waals surface area (Å²) in [4.78, 5) is 38.1. The third kappa shape index (κ3) is 7.86. The Morgan fingerprint density at radius 3 is 2.80 bits per heavy atom. The molecule has 0 radical (unpaired) electrons. The van der Waals surface area contributed by atoms with Gasteiger partial charge in [0.15, 0.2) is 0 Å². The number of nitrogens with one attached hydrogen (secondary N) is 2. The third-order valence-electron chi connectivity index (χ3n) is 5.14. The number of anilines is 1. The molecule has 0 aromatic carbocycles. The van der Waals surface area contributed by atoms with Crippen LogP contribution in [-0.4, -0.2) is 40.6 Å². The lowest BCUT2D eigenvalue weighted by Gasteiger charge is -2.15. The van der Waals surface area contributed by atoms with E-state index in [1.807, 2.05) is 19.1 Å². The van der Waals surface area contributed by atoms with E-state index in [1.165, 1.54) is 10.8 Å². The fraction of sp³-hybridized carbons (Fsp3) is 0.308. The van der Waals surface area contributed by atoms with E-state index in [4.69, 9.17) is 0 Å². The maximum absolute atomic E-state index is 12.9. The van der Waals surface area contributed by atoms with Crippen molar-refractivity contribution in [2.24, 2.45) is 0 Å². The van der Waals surface area contributed by atoms with Crippen molar-refractivity contribution in [1.29, 1.82) is 0 Å². The monoisotopic (exact) mass is 481 g/mol. The number of carbonyl (C=O) groups is 1. The van der Waals surface area contributed by atoms with Crippen molar-refractivity contribution in [3.05, 3.63) is 88.4 Å². The number of rotatable bonds is 13. The van der Waals surface area contributed by atoms with Crippen molar-refractivity contribution in [2.45, 2.75) is 33.2 Å². The summed E-state index contributed by atoms with van der Waals surface area (Å²) in [5.74, 6) is -0.137. The zero-order valence-electron chi connectivity index (χ0n) is 20.4. The molecule has 0 saturated heterocycles. The van der Waals surface area contributed by atoms with E-state index < -0.39 is 11.5 Å². The molecule has 0 aliphatic carbocycles. The van der Waals surface area contributed by atoms with E-state index in [2.05, 4.69) is 39.0 Å². The molecule has 0 fully saturated rings. The standard InChI is InChI=1S/C26H32FN5O3/c1-5-8-10-20(7-3)25-31-16-23(28-4)26(34)32(25)17-24(33)30-14-19(18-35-27)13-22-15-29-12-11-21(22)9-6-2/h5,7-8,10-13,15-16,28H,3,6,9,14,17-18H2,1-2,4H3,(H,30,33)/b8-5-,19-13-,20-10+. The van der Waals surface area contributed by atoms with Crippen molar-refractivity contribution in [3.63, 3.8) is 0 Å². The van der Waals surface area contributed by atoms with E-state index >= 15 is 0 Å². The summed E-state index contributed by atoms with van der Waals surface area (Å²) in [6.07, 6.45) is 15.3. The van der Waals surface area contributed by atoms with Crippen LogP contribution in [0.5, 0.6) is 0 Å². The number of amides is 1. The zero-order chi connectivity index (χ0) is 25.6. The molecule has 186 valence electrons. The van der Waals surface area contributed by atoms with Gasteiger partial charge in [-0.05, 0) is 46.7 Å². The van der Waals surface area contributed by atoms with Crippen LogP contribution in [0.2, 0.25) is 0 Å². The van der Waals surface area contributed by atoms with Gasteiger partial charge in [-0.2, -0.15) is 4.94 Å². The molecule has 8 nitrogen and oxygen atoms in total. The first kappa shape index (κ1) is 27.4. The number of aryl methyl sites for hydroxylation is 1. The number of allylic oxidation sites excluding steroid dienone is 5. The molecule has 35 heavy (non-hydrogen) atoms. The Labute approximate surface area is 204 Å². The molecule has 9 heteroatoms. The Morgan fingerprint density at radius 2 is 2.14 bits per heavy atom. The molecule has 2 N–H and O–H groups in total. The summed E-state index contributed by atoms with van der Waals surface area (Å²) in [6.45, 7) is 7.16. The predicted octanol–water partition coefficient (Wildman–Crippen LogP) is 3.88. The maximum atomic E-state index is 12.9. The second kappa shape index (κ2) is 14.4. The lowest BCUT2D eigenvalue weighted by atomic mass is 10.0. The van der Waals surface area contributed by atoms with E-state index in [0.717, 1.165) is 24.0 Å². The Morgan fingerprint density at radius 1 is 1.34 bits per heavy atom. The molecule has 0 bridgehead atoms. The van der Waals surface area contributed by atoms with Gasteiger partial charge in [0.2, 0.25) is 5.91 Å². The van der Waals surface area contributed by atoms with Crippen LogP contribution < -0.4 is 16.2 Å². The molecular formula is C26H32FN5O3. The van der Waals surface area contributed by atoms with Gasteiger partial charge in [-0.1, -0.05) is 44.2 Å². The maximum Gasteiger partial charge on any atom is 0.277 e. The van der Waals surface area contributed by atoms with Crippen LogP contribution in [0.3, 0.4) is 0 Å². The molecule has 0 unspecified atom stereocenters. The minimum atomic E-state index is -0.442. The Bertz CT molecular complexity index is 1170. The van der Waals surface area contributed by atoms with E-state index in [9.17, 15) is 14.1 Å². The summed E-state index contributed by atoms with van der Waals surface area (Å²) >= 11 is 0. The van der Waals surface area contributed by atoms with Crippen molar-refractivity contribution in [1.82, 2.24) is 19.9 Å². The SMILES string of the molecule is C=C/C(=C\C=C/C)c1ncc(NC)c(=O)n1CC(=O)NC/C(=C/c1cnccc1CCC)COF. The van der Waals surface area contributed by atoms with Crippen LogP contribution in [0.25, 0.3) is 11.6 Å². The molecule has 1 amide bonds. The van der Waals surface area contributed by atoms with Crippen molar-refractivity contribution < 1.29 is 14.3 Å². The molecule has 0 atom stereocenters. The minimum absolute atomic E-state index is 0.0369. The molecule has 2 rings (SSSR count). The largest absolute Gasteiger partial charge is 0.382 e. The third-order valence-corrected chi connectivity index (χ3v) is 5.14. The van der Waals surface area contributed by atoms with Crippen LogP contribution >= 0.6 is 0 Å². The van der Waals surface area contributed by atoms with Gasteiger partial charge >= 0.3 is 0 Å². The number of hydrogen-bond donors (Lipinski definition) is 2. The molecule has 2 heterocycles. The summed E-state index contributed by atoms with van der Waals surface area (Å²) in [5, 5.41) is 5.52. The van der Waals surface area contributed by atoms with E-state index in [-0.39, 0.29) is 25.4 Å². The van der Waals surface area contributed by atoms with Crippen molar-refractivity contribution >= 4 is 23.2 Å². The molecule has 2 aromatic rings. The van der Waals surface area contributed by atoms with Gasteiger partial charge < -0.3 is 10.6 Å². The Hall–Kier alpha value is -3.85. The molecule has 0 spiro atoms. The highest BCUT2D eigenvalue weighted by Crippen LogP contribution is 2.15.